The molecular weight excluding hydrogens is 246 g/mol. The lowest BCUT2D eigenvalue weighted by Gasteiger charge is -2.10. The molecule has 0 heterocycles. The molecule has 2 heteroatoms. The van der Waals surface area contributed by atoms with E-state index in [9.17, 15) is 0 Å². The summed E-state index contributed by atoms with van der Waals surface area (Å²) in [4.78, 5) is 2.22. The fourth-order valence-corrected chi connectivity index (χ4v) is 2.13. The molecule has 2 aromatic carbocycles. The Morgan fingerprint density at radius 3 is 2.40 bits per heavy atom. The molecule has 0 spiro atoms. The van der Waals surface area contributed by atoms with E-state index in [0.717, 1.165) is 18.7 Å². The maximum atomic E-state index is 5.85. The summed E-state index contributed by atoms with van der Waals surface area (Å²) in [6, 6.07) is 18.7. The molecule has 2 nitrogen and oxygen atoms in total. The second-order valence-electron chi connectivity index (χ2n) is 5.33. The first kappa shape index (κ1) is 14.6. The average Bonchev–Trinajstić information content (AvgIpc) is 2.46. The first-order valence-electron chi connectivity index (χ1n) is 7.14. The highest BCUT2D eigenvalue weighted by atomic mass is 16.5. The van der Waals surface area contributed by atoms with Crippen molar-refractivity contribution in [3.8, 4) is 5.75 Å². The normalized spacial score (nSPS) is 10.8. The van der Waals surface area contributed by atoms with Crippen molar-refractivity contribution in [2.24, 2.45) is 0 Å². The van der Waals surface area contributed by atoms with E-state index in [2.05, 4.69) is 49.3 Å². The molecule has 0 atom stereocenters. The summed E-state index contributed by atoms with van der Waals surface area (Å²) in [6.07, 6.45) is 2.27. The Kier molecular flexibility index (Phi) is 5.63. The molecule has 0 fully saturated rings. The van der Waals surface area contributed by atoms with E-state index >= 15 is 0 Å². The molecule has 0 amide bonds. The molecule has 0 saturated heterocycles. The molecule has 0 aliphatic heterocycles. The molecule has 0 radical (unpaired) electrons. The lowest BCUT2D eigenvalue weighted by atomic mass is 10.1. The predicted molar refractivity (Wildman–Crippen MR) is 84.1 cm³/mol. The second-order valence-corrected chi connectivity index (χ2v) is 5.33. The van der Waals surface area contributed by atoms with Gasteiger partial charge in [-0.1, -0.05) is 42.5 Å². The third kappa shape index (κ3) is 5.06. The topological polar surface area (TPSA) is 12.5 Å². The zero-order chi connectivity index (χ0) is 14.2. The lowest BCUT2D eigenvalue weighted by molar-refractivity contribution is 0.306. The summed E-state index contributed by atoms with van der Waals surface area (Å²) < 4.78 is 5.85. The van der Waals surface area contributed by atoms with Gasteiger partial charge in [0.15, 0.2) is 0 Å². The van der Waals surface area contributed by atoms with E-state index in [-0.39, 0.29) is 0 Å². The smallest absolute Gasteiger partial charge is 0.120 e. The van der Waals surface area contributed by atoms with Crippen molar-refractivity contribution >= 4 is 0 Å². The van der Waals surface area contributed by atoms with Gasteiger partial charge >= 0.3 is 0 Å². The summed E-state index contributed by atoms with van der Waals surface area (Å²) in [6.45, 7) is 1.75. The quantitative estimate of drug-likeness (QED) is 0.759. The maximum absolute atomic E-state index is 5.85. The van der Waals surface area contributed by atoms with Crippen LogP contribution in [0.5, 0.6) is 5.75 Å². The van der Waals surface area contributed by atoms with Crippen LogP contribution < -0.4 is 4.74 Å². The third-order valence-corrected chi connectivity index (χ3v) is 3.22. The summed E-state index contributed by atoms with van der Waals surface area (Å²) in [7, 11) is 4.22. The third-order valence-electron chi connectivity index (χ3n) is 3.22. The zero-order valence-electron chi connectivity index (χ0n) is 12.4. The van der Waals surface area contributed by atoms with Crippen LogP contribution in [-0.2, 0) is 13.0 Å². The fourth-order valence-electron chi connectivity index (χ4n) is 2.13. The Morgan fingerprint density at radius 1 is 0.900 bits per heavy atom. The Labute approximate surface area is 122 Å². The first-order chi connectivity index (χ1) is 9.74. The van der Waals surface area contributed by atoms with Crippen LogP contribution in [0.4, 0.5) is 0 Å². The summed E-state index contributed by atoms with van der Waals surface area (Å²) >= 11 is 0. The van der Waals surface area contributed by atoms with E-state index in [1.165, 1.54) is 17.5 Å². The number of rotatable bonds is 7. The highest BCUT2D eigenvalue weighted by molar-refractivity contribution is 5.29. The van der Waals surface area contributed by atoms with Gasteiger partial charge in [-0.05, 0) is 56.7 Å². The van der Waals surface area contributed by atoms with Gasteiger partial charge in [0.1, 0.15) is 12.4 Å². The van der Waals surface area contributed by atoms with E-state index in [4.69, 9.17) is 4.74 Å². The van der Waals surface area contributed by atoms with Gasteiger partial charge in [-0.25, -0.2) is 0 Å². The second kappa shape index (κ2) is 7.71. The van der Waals surface area contributed by atoms with Gasteiger partial charge in [-0.2, -0.15) is 0 Å². The van der Waals surface area contributed by atoms with E-state index in [1.807, 2.05) is 24.3 Å². The molecule has 0 unspecified atom stereocenters. The van der Waals surface area contributed by atoms with Gasteiger partial charge in [0.05, 0.1) is 0 Å². The van der Waals surface area contributed by atoms with Crippen molar-refractivity contribution in [3.63, 3.8) is 0 Å². The van der Waals surface area contributed by atoms with Crippen LogP contribution >= 0.6 is 0 Å². The van der Waals surface area contributed by atoms with E-state index < -0.39 is 0 Å². The summed E-state index contributed by atoms with van der Waals surface area (Å²) in [5.41, 5.74) is 2.54. The van der Waals surface area contributed by atoms with Crippen molar-refractivity contribution in [3.05, 3.63) is 65.7 Å². The highest BCUT2D eigenvalue weighted by Crippen LogP contribution is 2.16. The fraction of sp³-hybridized carbons (Fsp3) is 0.333. The van der Waals surface area contributed by atoms with Crippen molar-refractivity contribution in [2.75, 3.05) is 20.6 Å². The van der Waals surface area contributed by atoms with Crippen molar-refractivity contribution in [1.29, 1.82) is 0 Å². The Hall–Kier alpha value is -1.80. The lowest BCUT2D eigenvalue weighted by Crippen LogP contribution is -2.13. The molecule has 0 aliphatic carbocycles. The van der Waals surface area contributed by atoms with Crippen LogP contribution in [0, 0.1) is 0 Å². The zero-order valence-corrected chi connectivity index (χ0v) is 12.4. The number of hydrogen-bond donors (Lipinski definition) is 0. The molecule has 20 heavy (non-hydrogen) atoms. The van der Waals surface area contributed by atoms with Crippen molar-refractivity contribution in [1.82, 2.24) is 4.90 Å². The highest BCUT2D eigenvalue weighted by Gasteiger charge is 1.99. The Balaban J connectivity index is 1.86. The predicted octanol–water partition coefficient (Wildman–Crippen LogP) is 3.76. The van der Waals surface area contributed by atoms with Crippen LogP contribution in [0.1, 0.15) is 17.5 Å². The number of nitrogens with zero attached hydrogens (tertiary/aromatic N) is 1. The molecule has 0 bridgehead atoms. The molecule has 0 saturated carbocycles. The molecule has 106 valence electrons. The van der Waals surface area contributed by atoms with Gasteiger partial charge in [0.2, 0.25) is 0 Å². The molecule has 2 aromatic rings. The van der Waals surface area contributed by atoms with Crippen LogP contribution in [0.25, 0.3) is 0 Å². The van der Waals surface area contributed by atoms with E-state index in [0.29, 0.717) is 6.61 Å². The molecular formula is C18H23NO. The minimum Gasteiger partial charge on any atom is -0.489 e. The first-order valence-corrected chi connectivity index (χ1v) is 7.14. The Morgan fingerprint density at radius 2 is 1.65 bits per heavy atom. The SMILES string of the molecule is CN(C)CCCc1cccc(OCc2ccccc2)c1. The van der Waals surface area contributed by atoms with Gasteiger partial charge in [-0.15, -0.1) is 0 Å². The van der Waals surface area contributed by atoms with Gasteiger partial charge in [0.25, 0.3) is 0 Å². The average molecular weight is 269 g/mol. The van der Waals surface area contributed by atoms with Crippen molar-refractivity contribution in [2.45, 2.75) is 19.4 Å². The largest absolute Gasteiger partial charge is 0.489 e. The maximum Gasteiger partial charge on any atom is 0.120 e. The monoisotopic (exact) mass is 269 g/mol. The molecule has 0 aliphatic rings. The van der Waals surface area contributed by atoms with Crippen LogP contribution in [0.15, 0.2) is 54.6 Å². The molecule has 0 aromatic heterocycles. The number of benzene rings is 2. The van der Waals surface area contributed by atoms with Crippen molar-refractivity contribution < 1.29 is 4.74 Å². The van der Waals surface area contributed by atoms with Gasteiger partial charge in [-0.3, -0.25) is 0 Å². The van der Waals surface area contributed by atoms with Crippen LogP contribution in [0.2, 0.25) is 0 Å². The van der Waals surface area contributed by atoms with Crippen LogP contribution in [0.3, 0.4) is 0 Å². The molecule has 2 rings (SSSR count). The Bertz CT molecular complexity index is 508. The summed E-state index contributed by atoms with van der Waals surface area (Å²) in [5, 5.41) is 0. The minimum atomic E-state index is 0.627. The standard InChI is InChI=1S/C18H23NO/c1-19(2)13-7-11-16-10-6-12-18(14-16)20-15-17-8-4-3-5-9-17/h3-6,8-10,12,14H,7,11,13,15H2,1-2H3. The van der Waals surface area contributed by atoms with Crippen LogP contribution in [-0.4, -0.2) is 25.5 Å². The number of aryl methyl sites for hydroxylation is 1. The number of hydrogen-bond acceptors (Lipinski definition) is 2. The number of ether oxygens (including phenoxy) is 1. The van der Waals surface area contributed by atoms with Gasteiger partial charge < -0.3 is 9.64 Å². The van der Waals surface area contributed by atoms with E-state index in [1.54, 1.807) is 0 Å². The molecule has 0 N–H and O–H groups in total. The van der Waals surface area contributed by atoms with Gasteiger partial charge in [0, 0.05) is 0 Å². The summed E-state index contributed by atoms with van der Waals surface area (Å²) in [5.74, 6) is 0.955. The minimum absolute atomic E-state index is 0.627.